The van der Waals surface area contributed by atoms with Gasteiger partial charge in [-0.3, -0.25) is 4.98 Å². The smallest absolute Gasteiger partial charge is 0.140 e. The summed E-state index contributed by atoms with van der Waals surface area (Å²) in [4.78, 5) is 8.04. The van der Waals surface area contributed by atoms with E-state index >= 15 is 0 Å². The summed E-state index contributed by atoms with van der Waals surface area (Å²) < 4.78 is 0. The lowest BCUT2D eigenvalue weighted by Gasteiger charge is -2.01. The normalized spacial score (nSPS) is 9.53. The second kappa shape index (κ2) is 4.58. The van der Waals surface area contributed by atoms with E-state index in [0.29, 0.717) is 5.03 Å². The van der Waals surface area contributed by atoms with Gasteiger partial charge in [-0.2, -0.15) is 5.26 Å². The van der Waals surface area contributed by atoms with Gasteiger partial charge in [-0.05, 0) is 35.4 Å². The fourth-order valence-electron chi connectivity index (χ4n) is 1.24. The first-order valence-corrected chi connectivity index (χ1v) is 5.14. The Morgan fingerprint density at radius 1 is 1.07 bits per heavy atom. The lowest BCUT2D eigenvalue weighted by atomic mass is 10.1. The van der Waals surface area contributed by atoms with Crippen molar-refractivity contribution in [2.75, 3.05) is 0 Å². The van der Waals surface area contributed by atoms with E-state index in [0.717, 1.165) is 22.9 Å². The monoisotopic (exact) mass is 213 g/mol. The van der Waals surface area contributed by atoms with Gasteiger partial charge in [0.05, 0.1) is 0 Å². The maximum Gasteiger partial charge on any atom is 0.140 e. The van der Waals surface area contributed by atoms with Crippen molar-refractivity contribution in [3.05, 3.63) is 42.9 Å². The van der Waals surface area contributed by atoms with Crippen LogP contribution in [0.1, 0.15) is 0 Å². The molecule has 0 radical (unpaired) electrons. The maximum absolute atomic E-state index is 8.54. The van der Waals surface area contributed by atoms with Gasteiger partial charge in [-0.25, -0.2) is 4.98 Å². The van der Waals surface area contributed by atoms with Crippen LogP contribution in [0.3, 0.4) is 0 Å². The number of rotatable bonds is 2. The highest BCUT2D eigenvalue weighted by Crippen LogP contribution is 2.22. The molecule has 0 aliphatic rings. The molecule has 0 aliphatic heterocycles. The highest BCUT2D eigenvalue weighted by atomic mass is 32.2. The van der Waals surface area contributed by atoms with Crippen LogP contribution >= 0.6 is 11.8 Å². The number of pyridine rings is 2. The van der Waals surface area contributed by atoms with Crippen LogP contribution < -0.4 is 0 Å². The predicted molar refractivity (Wildman–Crippen MR) is 58.9 cm³/mol. The molecular formula is C11H7N3S. The minimum Gasteiger partial charge on any atom is -0.265 e. The SMILES string of the molecule is N#CSc1cc(-c2ccncc2)ccn1. The van der Waals surface area contributed by atoms with E-state index < -0.39 is 0 Å². The molecule has 3 nitrogen and oxygen atoms in total. The standard InChI is InChI=1S/C11H7N3S/c12-8-15-11-7-10(3-6-14-11)9-1-4-13-5-2-9/h1-7H. The predicted octanol–water partition coefficient (Wildman–Crippen LogP) is 2.72. The molecule has 0 amide bonds. The molecule has 2 rings (SSSR count). The number of nitrogens with zero attached hydrogens (tertiary/aromatic N) is 3. The van der Waals surface area contributed by atoms with E-state index in [4.69, 9.17) is 5.26 Å². The third-order valence-corrected chi connectivity index (χ3v) is 2.42. The van der Waals surface area contributed by atoms with Gasteiger partial charge in [0.15, 0.2) is 0 Å². The second-order valence-corrected chi connectivity index (χ2v) is 3.62. The summed E-state index contributed by atoms with van der Waals surface area (Å²) in [5, 5.41) is 11.3. The Morgan fingerprint density at radius 2 is 1.80 bits per heavy atom. The number of hydrogen-bond acceptors (Lipinski definition) is 4. The van der Waals surface area contributed by atoms with Crippen LogP contribution in [0.4, 0.5) is 0 Å². The Balaban J connectivity index is 2.38. The fraction of sp³-hybridized carbons (Fsp3) is 0. The summed E-state index contributed by atoms with van der Waals surface area (Å²) in [5.74, 6) is 0. The first-order valence-electron chi connectivity index (χ1n) is 4.32. The number of hydrogen-bond donors (Lipinski definition) is 0. The van der Waals surface area contributed by atoms with Crippen molar-refractivity contribution in [3.63, 3.8) is 0 Å². The van der Waals surface area contributed by atoms with Gasteiger partial charge in [0.1, 0.15) is 10.4 Å². The zero-order valence-corrected chi connectivity index (χ0v) is 8.61. The Hall–Kier alpha value is -1.86. The zero-order valence-electron chi connectivity index (χ0n) is 7.79. The number of thioether (sulfide) groups is 1. The molecule has 0 atom stereocenters. The first-order chi connectivity index (χ1) is 7.40. The van der Waals surface area contributed by atoms with Crippen molar-refractivity contribution in [2.45, 2.75) is 5.03 Å². The Morgan fingerprint density at radius 3 is 2.53 bits per heavy atom. The van der Waals surface area contributed by atoms with Crippen molar-refractivity contribution in [1.29, 1.82) is 5.26 Å². The van der Waals surface area contributed by atoms with Crippen LogP contribution in [-0.4, -0.2) is 9.97 Å². The number of thiocyanates is 1. The molecule has 0 unspecified atom stereocenters. The molecule has 0 bridgehead atoms. The number of aromatic nitrogens is 2. The molecule has 0 aromatic carbocycles. The highest BCUT2D eigenvalue weighted by molar-refractivity contribution is 8.03. The van der Waals surface area contributed by atoms with Crippen LogP contribution in [0.25, 0.3) is 11.1 Å². The Labute approximate surface area is 91.8 Å². The molecule has 2 aromatic heterocycles. The molecule has 0 spiro atoms. The first kappa shape index (κ1) is 9.69. The highest BCUT2D eigenvalue weighted by Gasteiger charge is 1.99. The van der Waals surface area contributed by atoms with Crippen molar-refractivity contribution >= 4 is 11.8 Å². The van der Waals surface area contributed by atoms with Gasteiger partial charge in [-0.1, -0.05) is 0 Å². The van der Waals surface area contributed by atoms with Gasteiger partial charge >= 0.3 is 0 Å². The van der Waals surface area contributed by atoms with Gasteiger partial charge in [0, 0.05) is 30.4 Å². The second-order valence-electron chi connectivity index (χ2n) is 2.81. The Kier molecular flexibility index (Phi) is 2.96. The van der Waals surface area contributed by atoms with Crippen LogP contribution in [-0.2, 0) is 0 Å². The number of nitriles is 1. The van der Waals surface area contributed by atoms with Gasteiger partial charge in [0.25, 0.3) is 0 Å². The Bertz CT molecular complexity index is 491. The molecule has 0 saturated heterocycles. The van der Waals surface area contributed by atoms with E-state index in [2.05, 4.69) is 9.97 Å². The largest absolute Gasteiger partial charge is 0.265 e. The average Bonchev–Trinajstić information content (AvgIpc) is 2.31. The molecule has 2 aromatic rings. The minimum absolute atomic E-state index is 0.715. The molecular weight excluding hydrogens is 206 g/mol. The van der Waals surface area contributed by atoms with Crippen LogP contribution in [0.15, 0.2) is 47.9 Å². The third kappa shape index (κ3) is 2.33. The molecule has 4 heteroatoms. The third-order valence-electron chi connectivity index (χ3n) is 1.90. The molecule has 0 fully saturated rings. The lowest BCUT2D eigenvalue weighted by molar-refractivity contribution is 1.14. The molecule has 2 heterocycles. The molecule has 0 N–H and O–H groups in total. The van der Waals surface area contributed by atoms with E-state index in [9.17, 15) is 0 Å². The summed E-state index contributed by atoms with van der Waals surface area (Å²) in [5.41, 5.74) is 2.12. The van der Waals surface area contributed by atoms with E-state index in [1.54, 1.807) is 18.6 Å². The van der Waals surface area contributed by atoms with Crippen LogP contribution in [0.2, 0.25) is 0 Å². The maximum atomic E-state index is 8.54. The average molecular weight is 213 g/mol. The minimum atomic E-state index is 0.715. The van der Waals surface area contributed by atoms with E-state index in [1.807, 2.05) is 29.7 Å². The van der Waals surface area contributed by atoms with Crippen LogP contribution in [0, 0.1) is 10.7 Å². The van der Waals surface area contributed by atoms with Crippen molar-refractivity contribution in [2.24, 2.45) is 0 Å². The van der Waals surface area contributed by atoms with Crippen molar-refractivity contribution in [1.82, 2.24) is 9.97 Å². The molecule has 0 saturated carbocycles. The van der Waals surface area contributed by atoms with Crippen LogP contribution in [0.5, 0.6) is 0 Å². The summed E-state index contributed by atoms with van der Waals surface area (Å²) in [6.45, 7) is 0. The lowest BCUT2D eigenvalue weighted by Crippen LogP contribution is -1.82. The summed E-state index contributed by atoms with van der Waals surface area (Å²) in [7, 11) is 0. The molecule has 15 heavy (non-hydrogen) atoms. The van der Waals surface area contributed by atoms with Crippen molar-refractivity contribution < 1.29 is 0 Å². The molecule has 0 aliphatic carbocycles. The van der Waals surface area contributed by atoms with E-state index in [1.165, 1.54) is 0 Å². The summed E-state index contributed by atoms with van der Waals surface area (Å²) >= 11 is 1.06. The summed E-state index contributed by atoms with van der Waals surface area (Å²) in [6, 6.07) is 7.66. The van der Waals surface area contributed by atoms with Gasteiger partial charge in [-0.15, -0.1) is 0 Å². The van der Waals surface area contributed by atoms with E-state index in [-0.39, 0.29) is 0 Å². The summed E-state index contributed by atoms with van der Waals surface area (Å²) in [6.07, 6.45) is 5.19. The fourth-order valence-corrected chi connectivity index (χ4v) is 1.63. The van der Waals surface area contributed by atoms with Gasteiger partial charge in [0.2, 0.25) is 0 Å². The topological polar surface area (TPSA) is 49.6 Å². The van der Waals surface area contributed by atoms with Gasteiger partial charge < -0.3 is 0 Å². The quantitative estimate of drug-likeness (QED) is 0.568. The van der Waals surface area contributed by atoms with Crippen molar-refractivity contribution in [3.8, 4) is 16.5 Å². The zero-order chi connectivity index (χ0) is 10.5. The molecule has 72 valence electrons.